The first kappa shape index (κ1) is 14.6. The van der Waals surface area contributed by atoms with Crippen molar-refractivity contribution in [2.45, 2.75) is 12.5 Å². The van der Waals surface area contributed by atoms with Crippen LogP contribution < -0.4 is 16.0 Å². The van der Waals surface area contributed by atoms with Crippen LogP contribution in [0.2, 0.25) is 5.02 Å². The van der Waals surface area contributed by atoms with Gasteiger partial charge in [-0.1, -0.05) is 17.7 Å². The molecule has 5 nitrogen and oxygen atoms in total. The van der Waals surface area contributed by atoms with Gasteiger partial charge < -0.3 is 4.74 Å². The monoisotopic (exact) mass is 296 g/mol. The minimum absolute atomic E-state index is 0.266. The first-order valence-electron chi connectivity index (χ1n) is 5.90. The van der Waals surface area contributed by atoms with Crippen LogP contribution in [0.15, 0.2) is 30.6 Å². The fourth-order valence-electron chi connectivity index (χ4n) is 1.84. The number of benzene rings is 1. The fourth-order valence-corrected chi connectivity index (χ4v) is 2.08. The SMILES string of the molecule is COc1cc(C(Cc2c(F)cccc2Cl)NN)ncn1. The van der Waals surface area contributed by atoms with Gasteiger partial charge in [-0.3, -0.25) is 11.3 Å². The third-order valence-corrected chi connectivity index (χ3v) is 3.25. The van der Waals surface area contributed by atoms with Gasteiger partial charge in [0.25, 0.3) is 0 Å². The number of halogens is 2. The highest BCUT2D eigenvalue weighted by Gasteiger charge is 2.17. The summed E-state index contributed by atoms with van der Waals surface area (Å²) in [6.45, 7) is 0. The number of hydrogen-bond acceptors (Lipinski definition) is 5. The second-order valence-electron chi connectivity index (χ2n) is 4.11. The van der Waals surface area contributed by atoms with Crippen molar-refractivity contribution in [1.82, 2.24) is 15.4 Å². The maximum Gasteiger partial charge on any atom is 0.216 e. The van der Waals surface area contributed by atoms with Gasteiger partial charge in [-0.2, -0.15) is 0 Å². The van der Waals surface area contributed by atoms with Crippen molar-refractivity contribution in [2.75, 3.05) is 7.11 Å². The van der Waals surface area contributed by atoms with E-state index < -0.39 is 6.04 Å². The molecule has 3 N–H and O–H groups in total. The molecule has 2 aromatic rings. The van der Waals surface area contributed by atoms with Crippen LogP contribution >= 0.6 is 11.6 Å². The Balaban J connectivity index is 2.29. The third-order valence-electron chi connectivity index (χ3n) is 2.90. The Labute approximate surface area is 120 Å². The van der Waals surface area contributed by atoms with Crippen molar-refractivity contribution >= 4 is 11.6 Å². The van der Waals surface area contributed by atoms with Crippen molar-refractivity contribution in [1.29, 1.82) is 0 Å². The van der Waals surface area contributed by atoms with E-state index in [1.807, 2.05) is 0 Å². The van der Waals surface area contributed by atoms with Crippen LogP contribution in [-0.2, 0) is 6.42 Å². The summed E-state index contributed by atoms with van der Waals surface area (Å²) in [5.74, 6) is 5.56. The van der Waals surface area contributed by atoms with Crippen molar-refractivity contribution in [3.8, 4) is 5.88 Å². The lowest BCUT2D eigenvalue weighted by Gasteiger charge is -2.16. The van der Waals surface area contributed by atoms with Crippen LogP contribution in [0.25, 0.3) is 0 Å². The molecule has 1 atom stereocenters. The van der Waals surface area contributed by atoms with E-state index in [1.54, 1.807) is 18.2 Å². The molecule has 1 heterocycles. The Morgan fingerprint density at radius 1 is 1.45 bits per heavy atom. The molecule has 0 radical (unpaired) electrons. The normalized spacial score (nSPS) is 12.2. The smallest absolute Gasteiger partial charge is 0.216 e. The van der Waals surface area contributed by atoms with Gasteiger partial charge in [0, 0.05) is 16.7 Å². The van der Waals surface area contributed by atoms with Gasteiger partial charge in [-0.25, -0.2) is 14.4 Å². The Hall–Kier alpha value is -1.76. The number of rotatable bonds is 5. The molecule has 1 aromatic carbocycles. The predicted octanol–water partition coefficient (Wildman–Crippen LogP) is 2.02. The van der Waals surface area contributed by atoms with E-state index in [4.69, 9.17) is 22.2 Å². The summed E-state index contributed by atoms with van der Waals surface area (Å²) in [6, 6.07) is 5.78. The minimum Gasteiger partial charge on any atom is -0.481 e. The number of aromatic nitrogens is 2. The molecule has 0 aliphatic carbocycles. The summed E-state index contributed by atoms with van der Waals surface area (Å²) in [5, 5.41) is 0.353. The maximum absolute atomic E-state index is 13.8. The van der Waals surface area contributed by atoms with Gasteiger partial charge >= 0.3 is 0 Å². The molecule has 1 unspecified atom stereocenters. The van der Waals surface area contributed by atoms with Gasteiger partial charge in [-0.15, -0.1) is 0 Å². The zero-order valence-corrected chi connectivity index (χ0v) is 11.6. The molecule has 106 valence electrons. The van der Waals surface area contributed by atoms with E-state index >= 15 is 0 Å². The largest absolute Gasteiger partial charge is 0.481 e. The Kier molecular flexibility index (Phi) is 4.84. The number of nitrogens with one attached hydrogen (secondary N) is 1. The number of nitrogens with two attached hydrogens (primary N) is 1. The highest BCUT2D eigenvalue weighted by Crippen LogP contribution is 2.25. The molecule has 1 aromatic heterocycles. The average Bonchev–Trinajstić information content (AvgIpc) is 2.47. The summed E-state index contributed by atoms with van der Waals surface area (Å²) >= 11 is 6.01. The van der Waals surface area contributed by atoms with Crippen LogP contribution in [0.3, 0.4) is 0 Å². The Morgan fingerprint density at radius 2 is 2.25 bits per heavy atom. The summed E-state index contributed by atoms with van der Waals surface area (Å²) in [5.41, 5.74) is 3.58. The number of hydrogen-bond donors (Lipinski definition) is 2. The highest BCUT2D eigenvalue weighted by atomic mass is 35.5. The van der Waals surface area contributed by atoms with E-state index in [2.05, 4.69) is 15.4 Å². The summed E-state index contributed by atoms with van der Waals surface area (Å²) in [4.78, 5) is 8.03. The Bertz CT molecular complexity index is 576. The minimum atomic E-state index is -0.402. The van der Waals surface area contributed by atoms with E-state index in [0.717, 1.165) is 0 Å². The first-order valence-corrected chi connectivity index (χ1v) is 6.28. The van der Waals surface area contributed by atoms with E-state index in [1.165, 1.54) is 19.5 Å². The Morgan fingerprint density at radius 3 is 2.90 bits per heavy atom. The van der Waals surface area contributed by atoms with Crippen molar-refractivity contribution in [3.63, 3.8) is 0 Å². The number of methoxy groups -OCH3 is 1. The molecular weight excluding hydrogens is 283 g/mol. The number of hydrazine groups is 1. The third kappa shape index (κ3) is 3.22. The quantitative estimate of drug-likeness (QED) is 0.652. The summed E-state index contributed by atoms with van der Waals surface area (Å²) in [6.07, 6.45) is 1.63. The van der Waals surface area contributed by atoms with Crippen molar-refractivity contribution in [2.24, 2.45) is 5.84 Å². The molecule has 20 heavy (non-hydrogen) atoms. The topological polar surface area (TPSA) is 73.1 Å². The second kappa shape index (κ2) is 6.60. The molecule has 0 amide bonds. The van der Waals surface area contributed by atoms with E-state index in [9.17, 15) is 4.39 Å². The van der Waals surface area contributed by atoms with Crippen molar-refractivity contribution in [3.05, 3.63) is 52.7 Å². The molecule has 0 saturated carbocycles. The standard InChI is InChI=1S/C13H14ClFN4O/c1-20-13-6-11(17-7-18-13)12(19-16)5-8-9(14)3-2-4-10(8)15/h2-4,6-7,12,19H,5,16H2,1H3. The maximum atomic E-state index is 13.8. The van der Waals surface area contributed by atoms with Gasteiger partial charge in [0.2, 0.25) is 5.88 Å². The molecule has 0 saturated heterocycles. The lowest BCUT2D eigenvalue weighted by Crippen LogP contribution is -2.30. The van der Waals surface area contributed by atoms with Gasteiger partial charge in [0.15, 0.2) is 0 Å². The number of nitrogens with zero attached hydrogens (tertiary/aromatic N) is 2. The molecule has 0 aliphatic heterocycles. The van der Waals surface area contributed by atoms with Crippen molar-refractivity contribution < 1.29 is 9.13 Å². The lowest BCUT2D eigenvalue weighted by molar-refractivity contribution is 0.393. The first-order chi connectivity index (χ1) is 9.65. The highest BCUT2D eigenvalue weighted by molar-refractivity contribution is 6.31. The molecule has 0 spiro atoms. The van der Waals surface area contributed by atoms with Crippen LogP contribution in [0.1, 0.15) is 17.3 Å². The molecule has 7 heteroatoms. The predicted molar refractivity (Wildman–Crippen MR) is 73.8 cm³/mol. The van der Waals surface area contributed by atoms with Crippen LogP contribution in [0.5, 0.6) is 5.88 Å². The molecule has 0 bridgehead atoms. The molecule has 0 fully saturated rings. The van der Waals surface area contributed by atoms with E-state index in [-0.39, 0.29) is 12.2 Å². The zero-order chi connectivity index (χ0) is 14.5. The van der Waals surface area contributed by atoms with Crippen LogP contribution in [0, 0.1) is 5.82 Å². The number of ether oxygens (including phenoxy) is 1. The average molecular weight is 297 g/mol. The molecule has 2 rings (SSSR count). The fraction of sp³-hybridized carbons (Fsp3) is 0.231. The van der Waals surface area contributed by atoms with Crippen LogP contribution in [0.4, 0.5) is 4.39 Å². The lowest BCUT2D eigenvalue weighted by atomic mass is 10.0. The van der Waals surface area contributed by atoms with Gasteiger partial charge in [-0.05, 0) is 18.6 Å². The summed E-state index contributed by atoms with van der Waals surface area (Å²) < 4.78 is 18.8. The van der Waals surface area contributed by atoms with Crippen LogP contribution in [-0.4, -0.2) is 17.1 Å². The second-order valence-corrected chi connectivity index (χ2v) is 4.52. The molecular formula is C13H14ClFN4O. The zero-order valence-electron chi connectivity index (χ0n) is 10.8. The van der Waals surface area contributed by atoms with E-state index in [0.29, 0.717) is 22.2 Å². The van der Waals surface area contributed by atoms with Gasteiger partial charge in [0.1, 0.15) is 12.1 Å². The summed E-state index contributed by atoms with van der Waals surface area (Å²) in [7, 11) is 1.50. The molecule has 0 aliphatic rings. The van der Waals surface area contributed by atoms with Gasteiger partial charge in [0.05, 0.1) is 18.8 Å².